The zero-order valence-corrected chi connectivity index (χ0v) is 21.7. The molecular weight excluding hydrogens is 502 g/mol. The van der Waals surface area contributed by atoms with Crippen LogP contribution in [-0.4, -0.2) is 45.4 Å². The molecule has 1 aliphatic rings. The predicted molar refractivity (Wildman–Crippen MR) is 139 cm³/mol. The Balaban J connectivity index is 1.74. The second-order valence-electron chi connectivity index (χ2n) is 9.97. The Hall–Kier alpha value is -3.18. The fourth-order valence-electron chi connectivity index (χ4n) is 4.48. The highest BCUT2D eigenvalue weighted by molar-refractivity contribution is 7.91. The molecule has 1 saturated heterocycles. The maximum absolute atomic E-state index is 14.8. The molecule has 0 unspecified atom stereocenters. The number of alkyl halides is 2. The van der Waals surface area contributed by atoms with Crippen molar-refractivity contribution in [2.24, 2.45) is 7.05 Å². The minimum Gasteiger partial charge on any atom is -0.384 e. The van der Waals surface area contributed by atoms with E-state index in [0.29, 0.717) is 40.7 Å². The summed E-state index contributed by atoms with van der Waals surface area (Å²) in [6, 6.07) is 6.79. The number of sulfone groups is 1. The first-order chi connectivity index (χ1) is 17.2. The molecule has 37 heavy (non-hydrogen) atoms. The fourth-order valence-corrected chi connectivity index (χ4v) is 5.97. The number of nitrogens with one attached hydrogen (secondary N) is 1. The monoisotopic (exact) mass is 532 g/mol. The van der Waals surface area contributed by atoms with Crippen LogP contribution in [0.2, 0.25) is 0 Å². The number of halogens is 2. The first-order valence-electron chi connectivity index (χ1n) is 11.9. The van der Waals surface area contributed by atoms with Gasteiger partial charge in [-0.05, 0) is 44.4 Å². The predicted octanol–water partition coefficient (Wildman–Crippen LogP) is 3.82. The molecular formula is C26H30F2N4O4S. The van der Waals surface area contributed by atoms with Crippen molar-refractivity contribution in [3.8, 4) is 0 Å². The van der Waals surface area contributed by atoms with Crippen molar-refractivity contribution < 1.29 is 22.3 Å². The molecule has 3 aromatic rings. The molecule has 3 heterocycles. The Morgan fingerprint density at radius 2 is 1.89 bits per heavy atom. The van der Waals surface area contributed by atoms with E-state index in [1.54, 1.807) is 12.1 Å². The molecule has 1 atom stereocenters. The first-order valence-corrected chi connectivity index (χ1v) is 13.7. The third-order valence-corrected chi connectivity index (χ3v) is 8.55. The topological polar surface area (TPSA) is 114 Å². The van der Waals surface area contributed by atoms with Gasteiger partial charge in [0.15, 0.2) is 5.82 Å². The van der Waals surface area contributed by atoms with Crippen LogP contribution in [0.25, 0.3) is 10.8 Å². The summed E-state index contributed by atoms with van der Waals surface area (Å²) in [4.78, 5) is 17.2. The second kappa shape index (κ2) is 9.60. The Labute approximate surface area is 214 Å². The van der Waals surface area contributed by atoms with Gasteiger partial charge in [-0.25, -0.2) is 13.1 Å². The Morgan fingerprint density at radius 1 is 1.22 bits per heavy atom. The van der Waals surface area contributed by atoms with E-state index in [4.69, 9.17) is 0 Å². The van der Waals surface area contributed by atoms with Gasteiger partial charge in [-0.2, -0.15) is 13.9 Å². The molecule has 0 radical (unpaired) electrons. The molecule has 11 heteroatoms. The van der Waals surface area contributed by atoms with Gasteiger partial charge in [0, 0.05) is 35.8 Å². The molecule has 0 amide bonds. The average molecular weight is 533 g/mol. The maximum Gasteiger partial charge on any atom is 0.300 e. The van der Waals surface area contributed by atoms with Crippen molar-refractivity contribution in [2.75, 3.05) is 16.8 Å². The largest absolute Gasteiger partial charge is 0.384 e. The standard InChI is InChI=1S/C26H30F2N4O4S/c1-5-21(17-7-6-8-18(13-17)26(27,28)25(2,3)34)30-23-19-14-22(16-9-11-37(35,36)12-10-16)29-15-20(19)24(33)32(4)31-23/h5-8,13-16,21,34H,1,9-12H2,2-4H3,(H,30,31)/t21-/m1/s1. The molecule has 0 saturated carbocycles. The highest BCUT2D eigenvalue weighted by atomic mass is 32.2. The summed E-state index contributed by atoms with van der Waals surface area (Å²) < 4.78 is 54.5. The summed E-state index contributed by atoms with van der Waals surface area (Å²) in [5, 5.41) is 18.4. The van der Waals surface area contributed by atoms with Crippen molar-refractivity contribution in [1.29, 1.82) is 0 Å². The lowest BCUT2D eigenvalue weighted by molar-refractivity contribution is -0.168. The highest BCUT2D eigenvalue weighted by Gasteiger charge is 2.47. The van der Waals surface area contributed by atoms with Gasteiger partial charge in [0.2, 0.25) is 0 Å². The lowest BCUT2D eigenvalue weighted by Gasteiger charge is -2.30. The van der Waals surface area contributed by atoms with Crippen molar-refractivity contribution >= 4 is 26.4 Å². The Bertz CT molecular complexity index is 1500. The van der Waals surface area contributed by atoms with Crippen LogP contribution in [0, 0.1) is 0 Å². The van der Waals surface area contributed by atoms with Gasteiger partial charge in [0.25, 0.3) is 5.56 Å². The van der Waals surface area contributed by atoms with Crippen molar-refractivity contribution in [2.45, 2.75) is 50.2 Å². The van der Waals surface area contributed by atoms with Crippen LogP contribution >= 0.6 is 0 Å². The minimum atomic E-state index is -3.50. The summed E-state index contributed by atoms with van der Waals surface area (Å²) in [6.07, 6.45) is 3.89. The molecule has 1 fully saturated rings. The number of benzene rings is 1. The Kier molecular flexibility index (Phi) is 6.98. The average Bonchev–Trinajstić information content (AvgIpc) is 2.84. The molecule has 2 N–H and O–H groups in total. The molecule has 1 aromatic carbocycles. The number of rotatable bonds is 7. The molecule has 1 aliphatic heterocycles. The van der Waals surface area contributed by atoms with E-state index < -0.39 is 27.4 Å². The van der Waals surface area contributed by atoms with Crippen LogP contribution in [0.5, 0.6) is 0 Å². The van der Waals surface area contributed by atoms with E-state index >= 15 is 0 Å². The molecule has 0 bridgehead atoms. The normalized spacial score (nSPS) is 17.5. The van der Waals surface area contributed by atoms with Gasteiger partial charge >= 0.3 is 5.92 Å². The quantitative estimate of drug-likeness (QED) is 0.445. The van der Waals surface area contributed by atoms with Crippen LogP contribution < -0.4 is 10.9 Å². The lowest BCUT2D eigenvalue weighted by atomic mass is 9.91. The van der Waals surface area contributed by atoms with Crippen LogP contribution in [0.4, 0.5) is 14.6 Å². The van der Waals surface area contributed by atoms with Gasteiger partial charge in [-0.3, -0.25) is 9.78 Å². The number of hydrogen-bond donors (Lipinski definition) is 2. The van der Waals surface area contributed by atoms with Gasteiger partial charge in [0.1, 0.15) is 15.4 Å². The summed E-state index contributed by atoms with van der Waals surface area (Å²) >= 11 is 0. The third kappa shape index (κ3) is 5.28. The number of aromatic nitrogens is 3. The number of aryl methyl sites for hydroxylation is 1. The maximum atomic E-state index is 14.8. The van der Waals surface area contributed by atoms with Crippen LogP contribution in [-0.2, 0) is 22.8 Å². The SMILES string of the molecule is C=C[C@@H](Nc1nn(C)c(=O)c2cnc(C3CCS(=O)(=O)CC3)cc12)c1cccc(C(F)(F)C(C)(C)O)c1. The smallest absolute Gasteiger partial charge is 0.300 e. The molecule has 198 valence electrons. The zero-order valence-electron chi connectivity index (χ0n) is 20.9. The summed E-state index contributed by atoms with van der Waals surface area (Å²) in [6.45, 7) is 5.94. The highest BCUT2D eigenvalue weighted by Crippen LogP contribution is 2.39. The van der Waals surface area contributed by atoms with E-state index in [9.17, 15) is 27.1 Å². The number of nitrogens with zero attached hydrogens (tertiary/aromatic N) is 3. The van der Waals surface area contributed by atoms with Crippen molar-refractivity contribution in [1.82, 2.24) is 14.8 Å². The summed E-state index contributed by atoms with van der Waals surface area (Å²) in [5.74, 6) is -3.07. The van der Waals surface area contributed by atoms with Gasteiger partial charge < -0.3 is 10.4 Å². The number of pyridine rings is 1. The fraction of sp³-hybridized carbons (Fsp3) is 0.423. The van der Waals surface area contributed by atoms with Crippen LogP contribution in [0.15, 0.2) is 54.0 Å². The molecule has 8 nitrogen and oxygen atoms in total. The lowest BCUT2D eigenvalue weighted by Crippen LogP contribution is -2.40. The van der Waals surface area contributed by atoms with E-state index in [0.717, 1.165) is 18.5 Å². The molecule has 0 spiro atoms. The van der Waals surface area contributed by atoms with E-state index in [2.05, 4.69) is 22.0 Å². The zero-order chi connectivity index (χ0) is 27.2. The number of aliphatic hydroxyl groups is 1. The van der Waals surface area contributed by atoms with Crippen LogP contribution in [0.3, 0.4) is 0 Å². The molecule has 4 rings (SSSR count). The molecule has 0 aliphatic carbocycles. The van der Waals surface area contributed by atoms with Crippen LogP contribution in [0.1, 0.15) is 55.5 Å². The van der Waals surface area contributed by atoms with Crippen molar-refractivity contribution in [3.63, 3.8) is 0 Å². The van der Waals surface area contributed by atoms with Gasteiger partial charge in [-0.15, -0.1) is 6.58 Å². The van der Waals surface area contributed by atoms with E-state index in [-0.39, 0.29) is 28.5 Å². The Morgan fingerprint density at radius 3 is 2.51 bits per heavy atom. The molecule has 2 aromatic heterocycles. The summed E-state index contributed by atoms with van der Waals surface area (Å²) in [7, 11) is -1.55. The first kappa shape index (κ1) is 26.9. The third-order valence-electron chi connectivity index (χ3n) is 6.83. The number of anilines is 1. The number of hydrogen-bond acceptors (Lipinski definition) is 7. The second-order valence-corrected chi connectivity index (χ2v) is 12.3. The minimum absolute atomic E-state index is 0.0687. The van der Waals surface area contributed by atoms with Gasteiger partial charge in [0.05, 0.1) is 22.9 Å². The number of fused-ring (bicyclic) bond motifs is 1. The van der Waals surface area contributed by atoms with Gasteiger partial charge in [-0.1, -0.05) is 24.3 Å². The van der Waals surface area contributed by atoms with E-state index in [1.807, 2.05) is 0 Å². The summed E-state index contributed by atoms with van der Waals surface area (Å²) in [5.41, 5.74) is -1.83. The van der Waals surface area contributed by atoms with Crippen molar-refractivity contribution in [3.05, 3.63) is 76.4 Å². The van der Waals surface area contributed by atoms with E-state index in [1.165, 1.54) is 37.5 Å².